The standard InChI is InChI=1S/C15H16F5N5/c16-8-4-5-9(11(17)10(8)15(18,19)20)25-13(22)23-12(21)24-14(25)6-2-1-3-7-14/h4-5H,1-3,6-7H2,(H4,21,22,23,24). The van der Waals surface area contributed by atoms with Gasteiger partial charge in [-0.05, 0) is 37.8 Å². The lowest BCUT2D eigenvalue weighted by Gasteiger charge is -2.45. The molecule has 1 aliphatic heterocycles. The summed E-state index contributed by atoms with van der Waals surface area (Å²) in [6, 6.07) is 1.47. The zero-order valence-electron chi connectivity index (χ0n) is 13.1. The highest BCUT2D eigenvalue weighted by atomic mass is 19.4. The van der Waals surface area contributed by atoms with E-state index in [9.17, 15) is 22.0 Å². The highest BCUT2D eigenvalue weighted by Gasteiger charge is 2.46. The molecule has 0 bridgehead atoms. The summed E-state index contributed by atoms with van der Waals surface area (Å²) in [4.78, 5) is 9.10. The van der Waals surface area contributed by atoms with E-state index < -0.39 is 34.7 Å². The quantitative estimate of drug-likeness (QED) is 0.755. The molecule has 1 heterocycles. The maximum atomic E-state index is 14.6. The van der Waals surface area contributed by atoms with Crippen LogP contribution < -0.4 is 16.4 Å². The Labute approximate surface area is 140 Å². The van der Waals surface area contributed by atoms with E-state index in [1.807, 2.05) is 0 Å². The maximum absolute atomic E-state index is 14.6. The zero-order valence-corrected chi connectivity index (χ0v) is 13.1. The van der Waals surface area contributed by atoms with Gasteiger partial charge in [0, 0.05) is 0 Å². The Kier molecular flexibility index (Phi) is 4.08. The van der Waals surface area contributed by atoms with Crippen molar-refractivity contribution in [3.8, 4) is 0 Å². The summed E-state index contributed by atoms with van der Waals surface area (Å²) in [5.41, 5.74) is 7.90. The lowest BCUT2D eigenvalue weighted by Crippen LogP contribution is -2.58. The fourth-order valence-corrected chi connectivity index (χ4v) is 3.44. The number of hydrogen-bond acceptors (Lipinski definition) is 5. The number of nitrogens with zero attached hydrogens (tertiary/aromatic N) is 3. The number of anilines is 1. The van der Waals surface area contributed by atoms with Crippen LogP contribution in [0.3, 0.4) is 0 Å². The molecule has 3 rings (SSSR count). The normalized spacial score (nSPS) is 20.4. The first-order valence-corrected chi connectivity index (χ1v) is 7.71. The molecular weight excluding hydrogens is 345 g/mol. The highest BCUT2D eigenvalue weighted by Crippen LogP contribution is 2.43. The van der Waals surface area contributed by atoms with E-state index in [-0.39, 0.29) is 11.9 Å². The van der Waals surface area contributed by atoms with Crippen LogP contribution in [0.1, 0.15) is 37.7 Å². The maximum Gasteiger partial charge on any atom is 0.422 e. The van der Waals surface area contributed by atoms with Gasteiger partial charge in [-0.2, -0.15) is 18.2 Å². The van der Waals surface area contributed by atoms with Gasteiger partial charge in [0.15, 0.2) is 5.82 Å². The molecular formula is C15H16F5N5. The SMILES string of the molecule is NC1=NC2(CCCCC2)N(c2ccc(F)c(C(F)(F)F)c2F)C(N)=N1. The summed E-state index contributed by atoms with van der Waals surface area (Å²) in [5, 5.41) is 0. The van der Waals surface area contributed by atoms with Crippen LogP contribution >= 0.6 is 0 Å². The molecule has 0 unspecified atom stereocenters. The van der Waals surface area contributed by atoms with Gasteiger partial charge in [-0.1, -0.05) is 6.42 Å². The van der Waals surface area contributed by atoms with Crippen molar-refractivity contribution in [3.05, 3.63) is 29.3 Å². The van der Waals surface area contributed by atoms with Crippen LogP contribution in [0.2, 0.25) is 0 Å². The van der Waals surface area contributed by atoms with E-state index in [1.165, 1.54) is 0 Å². The van der Waals surface area contributed by atoms with Gasteiger partial charge >= 0.3 is 6.18 Å². The zero-order chi connectivity index (χ0) is 18.4. The van der Waals surface area contributed by atoms with Crippen LogP contribution in [-0.4, -0.2) is 17.6 Å². The van der Waals surface area contributed by atoms with E-state index in [1.54, 1.807) is 0 Å². The second kappa shape index (κ2) is 5.85. The Hall–Kier alpha value is -2.39. The first-order chi connectivity index (χ1) is 11.7. The van der Waals surface area contributed by atoms with Gasteiger partial charge in [0.05, 0.1) is 5.69 Å². The Balaban J connectivity index is 2.19. The van der Waals surface area contributed by atoms with Crippen LogP contribution in [0, 0.1) is 11.6 Å². The average Bonchev–Trinajstić information content (AvgIpc) is 2.48. The molecule has 2 aliphatic rings. The third-order valence-electron chi connectivity index (χ3n) is 4.45. The number of aliphatic imine (C=N–C) groups is 2. The van der Waals surface area contributed by atoms with Crippen molar-refractivity contribution in [1.82, 2.24) is 0 Å². The second-order valence-corrected chi connectivity index (χ2v) is 6.07. The fraction of sp³-hybridized carbons (Fsp3) is 0.467. The van der Waals surface area contributed by atoms with E-state index in [0.717, 1.165) is 30.2 Å². The number of benzene rings is 1. The van der Waals surface area contributed by atoms with Crippen LogP contribution in [0.25, 0.3) is 0 Å². The minimum atomic E-state index is -5.19. The molecule has 0 radical (unpaired) electrons. The Morgan fingerprint density at radius 1 is 1.04 bits per heavy atom. The summed E-state index contributed by atoms with van der Waals surface area (Å²) < 4.78 is 67.4. The van der Waals surface area contributed by atoms with Crippen molar-refractivity contribution < 1.29 is 22.0 Å². The topological polar surface area (TPSA) is 80.0 Å². The first kappa shape index (κ1) is 17.4. The number of hydrogen-bond donors (Lipinski definition) is 2. The van der Waals surface area contributed by atoms with Crippen LogP contribution in [-0.2, 0) is 6.18 Å². The number of halogens is 5. The Morgan fingerprint density at radius 2 is 1.68 bits per heavy atom. The highest BCUT2D eigenvalue weighted by molar-refractivity contribution is 6.05. The Bertz CT molecular complexity index is 749. The molecule has 1 saturated carbocycles. The van der Waals surface area contributed by atoms with Crippen molar-refractivity contribution in [1.29, 1.82) is 0 Å². The van der Waals surface area contributed by atoms with Crippen LogP contribution in [0.5, 0.6) is 0 Å². The van der Waals surface area contributed by atoms with Crippen molar-refractivity contribution in [2.45, 2.75) is 43.9 Å². The average molecular weight is 361 g/mol. The lowest BCUT2D eigenvalue weighted by atomic mass is 9.87. The molecule has 1 aromatic rings. The molecule has 10 heteroatoms. The largest absolute Gasteiger partial charge is 0.422 e. The van der Waals surface area contributed by atoms with E-state index in [2.05, 4.69) is 9.98 Å². The molecule has 136 valence electrons. The first-order valence-electron chi connectivity index (χ1n) is 7.71. The minimum Gasteiger partial charge on any atom is -0.369 e. The van der Waals surface area contributed by atoms with Gasteiger partial charge in [-0.25, -0.2) is 13.8 Å². The number of alkyl halides is 3. The molecule has 0 saturated heterocycles. The number of nitrogens with two attached hydrogens (primary N) is 2. The van der Waals surface area contributed by atoms with Gasteiger partial charge < -0.3 is 11.5 Å². The molecule has 0 aromatic heterocycles. The molecule has 4 N–H and O–H groups in total. The third-order valence-corrected chi connectivity index (χ3v) is 4.45. The summed E-state index contributed by atoms with van der Waals surface area (Å²) in [6.45, 7) is 0. The predicted molar refractivity (Wildman–Crippen MR) is 82.9 cm³/mol. The summed E-state index contributed by atoms with van der Waals surface area (Å²) in [7, 11) is 0. The molecule has 1 aliphatic carbocycles. The van der Waals surface area contributed by atoms with E-state index in [4.69, 9.17) is 11.5 Å². The minimum absolute atomic E-state index is 0.116. The van der Waals surface area contributed by atoms with Gasteiger partial charge in [0.25, 0.3) is 0 Å². The molecule has 1 spiro atoms. The lowest BCUT2D eigenvalue weighted by molar-refractivity contribution is -0.142. The molecule has 1 fully saturated rings. The van der Waals surface area contributed by atoms with E-state index in [0.29, 0.717) is 18.9 Å². The molecule has 0 atom stereocenters. The van der Waals surface area contributed by atoms with Crippen molar-refractivity contribution in [2.24, 2.45) is 21.5 Å². The fourth-order valence-electron chi connectivity index (χ4n) is 3.44. The summed E-state index contributed by atoms with van der Waals surface area (Å²) in [6.07, 6.45) is -2.01. The number of rotatable bonds is 1. The predicted octanol–water partition coefficient (Wildman–Crippen LogP) is 3.09. The second-order valence-electron chi connectivity index (χ2n) is 6.07. The Morgan fingerprint density at radius 3 is 2.28 bits per heavy atom. The molecule has 1 aromatic carbocycles. The molecule has 25 heavy (non-hydrogen) atoms. The summed E-state index contributed by atoms with van der Waals surface area (Å²) >= 11 is 0. The van der Waals surface area contributed by atoms with Crippen LogP contribution in [0.4, 0.5) is 27.6 Å². The monoisotopic (exact) mass is 361 g/mol. The molecule has 5 nitrogen and oxygen atoms in total. The van der Waals surface area contributed by atoms with Gasteiger partial charge in [0.2, 0.25) is 11.9 Å². The van der Waals surface area contributed by atoms with Crippen molar-refractivity contribution >= 4 is 17.6 Å². The van der Waals surface area contributed by atoms with E-state index >= 15 is 0 Å². The van der Waals surface area contributed by atoms with Crippen molar-refractivity contribution in [2.75, 3.05) is 4.90 Å². The number of guanidine groups is 2. The van der Waals surface area contributed by atoms with Crippen molar-refractivity contribution in [3.63, 3.8) is 0 Å². The molecule has 0 amide bonds. The third kappa shape index (κ3) is 2.89. The smallest absolute Gasteiger partial charge is 0.369 e. The van der Waals surface area contributed by atoms with Crippen LogP contribution in [0.15, 0.2) is 22.1 Å². The summed E-state index contributed by atoms with van der Waals surface area (Å²) in [5.74, 6) is -3.82. The van der Waals surface area contributed by atoms with Gasteiger partial charge in [-0.15, -0.1) is 0 Å². The van der Waals surface area contributed by atoms with Gasteiger partial charge in [-0.3, -0.25) is 4.90 Å². The van der Waals surface area contributed by atoms with Gasteiger partial charge in [0.1, 0.15) is 17.0 Å².